The van der Waals surface area contributed by atoms with Crippen LogP contribution in [0.1, 0.15) is 35.3 Å². The number of hydrogen-bond acceptors (Lipinski definition) is 10. The van der Waals surface area contributed by atoms with Crippen molar-refractivity contribution in [2.24, 2.45) is 0 Å². The Balaban J connectivity index is 1.47. The van der Waals surface area contributed by atoms with E-state index in [2.05, 4.69) is 18.7 Å². The van der Waals surface area contributed by atoms with Crippen molar-refractivity contribution in [2.75, 3.05) is 43.2 Å². The van der Waals surface area contributed by atoms with Gasteiger partial charge in [0.05, 0.1) is 41.4 Å². The third-order valence-electron chi connectivity index (χ3n) is 6.82. The number of hydrogen-bond donors (Lipinski definition) is 0. The number of rotatable bonds is 6. The Hall–Kier alpha value is -1.95. The smallest absolute Gasteiger partial charge is 0.189 e. The fourth-order valence-electron chi connectivity index (χ4n) is 4.89. The maximum Gasteiger partial charge on any atom is 0.189 e. The van der Waals surface area contributed by atoms with E-state index < -0.39 is 0 Å². The molecule has 0 unspecified atom stereocenters. The van der Waals surface area contributed by atoms with Crippen LogP contribution in [0.4, 0.5) is 5.82 Å². The average Bonchev–Trinajstić information content (AvgIpc) is 3.30. The number of aromatic nitrogens is 3. The van der Waals surface area contributed by atoms with Crippen molar-refractivity contribution in [3.63, 3.8) is 0 Å². The predicted molar refractivity (Wildman–Crippen MR) is 157 cm³/mol. The fourth-order valence-corrected chi connectivity index (χ4v) is 7.58. The topological polar surface area (TPSA) is 77.4 Å². The molecule has 0 atom stereocenters. The van der Waals surface area contributed by atoms with Crippen LogP contribution in [-0.4, -0.2) is 64.6 Å². The van der Waals surface area contributed by atoms with Crippen LogP contribution in [0.2, 0.25) is 5.02 Å². The molecule has 0 saturated carbocycles. The number of carbonyl (C=O) groups is 1. The van der Waals surface area contributed by atoms with E-state index in [9.17, 15) is 4.79 Å². The van der Waals surface area contributed by atoms with Crippen LogP contribution in [0.5, 0.6) is 0 Å². The van der Waals surface area contributed by atoms with E-state index in [0.717, 1.165) is 56.4 Å². The van der Waals surface area contributed by atoms with Crippen LogP contribution in [0.25, 0.3) is 20.4 Å². The predicted octanol–water partition coefficient (Wildman–Crippen LogP) is 6.28. The molecule has 0 aliphatic carbocycles. The van der Waals surface area contributed by atoms with E-state index in [1.54, 1.807) is 35.6 Å². The molecule has 7 nitrogen and oxygen atoms in total. The van der Waals surface area contributed by atoms with Crippen LogP contribution in [-0.2, 0) is 22.5 Å². The number of thiophene rings is 1. The number of anilines is 1. The molecular weight excluding hydrogens is 560 g/mol. The highest BCUT2D eigenvalue weighted by molar-refractivity contribution is 8.00. The summed E-state index contributed by atoms with van der Waals surface area (Å²) in [6.45, 7) is 7.80. The number of nitrogens with zero attached hydrogens (tertiary/aromatic N) is 4. The number of benzene rings is 1. The quantitative estimate of drug-likeness (QED) is 0.112. The van der Waals surface area contributed by atoms with Crippen molar-refractivity contribution in [1.82, 2.24) is 15.0 Å². The lowest BCUT2D eigenvalue weighted by Gasteiger charge is -2.36. The molecule has 2 aliphatic heterocycles. The molecule has 0 bridgehead atoms. The first-order valence-corrected chi connectivity index (χ1v) is 15.8. The third kappa shape index (κ3) is 5.02. The van der Waals surface area contributed by atoms with Crippen molar-refractivity contribution in [1.29, 1.82) is 0 Å². The van der Waals surface area contributed by atoms with Gasteiger partial charge in [0.15, 0.2) is 10.9 Å². The lowest BCUT2D eigenvalue weighted by Crippen LogP contribution is -2.39. The number of carbonyl (C=O) groups excluding carboxylic acids is 1. The summed E-state index contributed by atoms with van der Waals surface area (Å²) in [4.78, 5) is 31.2. The molecule has 11 heteroatoms. The van der Waals surface area contributed by atoms with Gasteiger partial charge in [-0.3, -0.25) is 4.79 Å². The van der Waals surface area contributed by atoms with Crippen molar-refractivity contribution >= 4 is 78.5 Å². The van der Waals surface area contributed by atoms with Gasteiger partial charge in [0.2, 0.25) is 0 Å². The summed E-state index contributed by atoms with van der Waals surface area (Å²) in [6, 6.07) is 7.01. The van der Waals surface area contributed by atoms with Crippen LogP contribution >= 0.6 is 46.5 Å². The first kappa shape index (κ1) is 26.3. The molecular formula is C27H27ClN4O3S3. The number of ketones is 1. The molecule has 38 heavy (non-hydrogen) atoms. The number of ether oxygens (including phenoxy) is 2. The van der Waals surface area contributed by atoms with E-state index >= 15 is 0 Å². The Kier molecular flexibility index (Phi) is 7.30. The van der Waals surface area contributed by atoms with Gasteiger partial charge in [-0.15, -0.1) is 11.3 Å². The van der Waals surface area contributed by atoms with E-state index in [0.29, 0.717) is 35.6 Å². The number of fused-ring (bicyclic) bond motifs is 5. The maximum atomic E-state index is 12.9. The Bertz CT molecular complexity index is 1530. The van der Waals surface area contributed by atoms with Gasteiger partial charge in [-0.1, -0.05) is 35.1 Å². The number of thioether (sulfide) groups is 2. The van der Waals surface area contributed by atoms with Gasteiger partial charge >= 0.3 is 0 Å². The van der Waals surface area contributed by atoms with Crippen LogP contribution < -0.4 is 4.90 Å². The summed E-state index contributed by atoms with van der Waals surface area (Å²) in [5.74, 6) is 1.30. The number of Topliss-reactive ketones (excluding diaryl/α,β-unsaturated/α-hetero) is 1. The first-order chi connectivity index (χ1) is 18.3. The Morgan fingerprint density at radius 1 is 1.13 bits per heavy atom. The largest absolute Gasteiger partial charge is 0.378 e. The summed E-state index contributed by atoms with van der Waals surface area (Å²) in [5.41, 5.74) is 3.69. The second-order valence-electron chi connectivity index (χ2n) is 9.91. The van der Waals surface area contributed by atoms with Gasteiger partial charge in [0, 0.05) is 41.0 Å². The summed E-state index contributed by atoms with van der Waals surface area (Å²) >= 11 is 10.6. The standard InChI is InChI=1S/C27H27ClN4O3S3/c1-27(2)12-17-18(13-35-27)23(32-8-10-34-11-9-32)30-24-20(17)21-22(38-24)25(31-26(29-21)36-3)37-14-19(33)15-4-6-16(28)7-5-15/h4-7H,8-14H2,1-3H3. The molecule has 3 aromatic heterocycles. The lowest BCUT2D eigenvalue weighted by molar-refractivity contribution is -0.0396. The monoisotopic (exact) mass is 586 g/mol. The zero-order valence-corrected chi connectivity index (χ0v) is 24.6. The molecule has 6 rings (SSSR count). The molecule has 1 aromatic carbocycles. The van der Waals surface area contributed by atoms with Crippen molar-refractivity contribution in [3.8, 4) is 0 Å². The number of halogens is 1. The van der Waals surface area contributed by atoms with E-state index in [-0.39, 0.29) is 17.1 Å². The SMILES string of the molecule is CSc1nc(SCC(=O)c2ccc(Cl)cc2)c2sc3nc(N4CCOCC4)c4c(c3c2n1)CC(C)(C)OC4. The second-order valence-corrected chi connectivity index (χ2v) is 13.1. The van der Waals surface area contributed by atoms with Gasteiger partial charge in [-0.2, -0.15) is 0 Å². The Labute approximate surface area is 238 Å². The minimum absolute atomic E-state index is 0.0363. The molecule has 5 heterocycles. The second kappa shape index (κ2) is 10.6. The highest BCUT2D eigenvalue weighted by atomic mass is 35.5. The molecule has 4 aromatic rings. The average molecular weight is 587 g/mol. The van der Waals surface area contributed by atoms with Gasteiger partial charge in [0.1, 0.15) is 15.7 Å². The third-order valence-corrected chi connectivity index (χ3v) is 9.80. The molecule has 0 radical (unpaired) electrons. The maximum absolute atomic E-state index is 12.9. The first-order valence-electron chi connectivity index (χ1n) is 12.4. The fraction of sp³-hybridized carbons (Fsp3) is 0.407. The van der Waals surface area contributed by atoms with Gasteiger partial charge in [0.25, 0.3) is 0 Å². The summed E-state index contributed by atoms with van der Waals surface area (Å²) in [7, 11) is 0. The highest BCUT2D eigenvalue weighted by Crippen LogP contribution is 2.45. The number of pyridine rings is 1. The molecule has 2 aliphatic rings. The van der Waals surface area contributed by atoms with Crippen molar-refractivity contribution in [2.45, 2.75) is 42.7 Å². The molecule has 1 fully saturated rings. The van der Waals surface area contributed by atoms with Crippen LogP contribution in [0.3, 0.4) is 0 Å². The molecule has 0 N–H and O–H groups in total. The Morgan fingerprint density at radius 3 is 2.63 bits per heavy atom. The minimum atomic E-state index is -0.282. The molecule has 0 spiro atoms. The normalized spacial score (nSPS) is 17.2. The van der Waals surface area contributed by atoms with Crippen molar-refractivity contribution in [3.05, 3.63) is 46.0 Å². The van der Waals surface area contributed by atoms with Crippen LogP contribution in [0, 0.1) is 0 Å². The lowest BCUT2D eigenvalue weighted by atomic mass is 9.90. The van der Waals surface area contributed by atoms with Gasteiger partial charge < -0.3 is 14.4 Å². The zero-order chi connectivity index (χ0) is 26.4. The van der Waals surface area contributed by atoms with E-state index in [1.807, 2.05) is 6.26 Å². The van der Waals surface area contributed by atoms with Gasteiger partial charge in [-0.25, -0.2) is 15.0 Å². The minimum Gasteiger partial charge on any atom is -0.378 e. The number of morpholine rings is 1. The highest BCUT2D eigenvalue weighted by Gasteiger charge is 2.33. The zero-order valence-electron chi connectivity index (χ0n) is 21.4. The van der Waals surface area contributed by atoms with Crippen molar-refractivity contribution < 1.29 is 14.3 Å². The summed E-state index contributed by atoms with van der Waals surface area (Å²) < 4.78 is 12.8. The van der Waals surface area contributed by atoms with Gasteiger partial charge in [-0.05, 0) is 49.9 Å². The Morgan fingerprint density at radius 2 is 1.89 bits per heavy atom. The van der Waals surface area contributed by atoms with Crippen LogP contribution in [0.15, 0.2) is 34.4 Å². The summed E-state index contributed by atoms with van der Waals surface area (Å²) in [6.07, 6.45) is 2.75. The summed E-state index contributed by atoms with van der Waals surface area (Å²) in [5, 5.41) is 3.22. The molecule has 0 amide bonds. The molecule has 1 saturated heterocycles. The van der Waals surface area contributed by atoms with E-state index in [1.165, 1.54) is 29.1 Å². The molecule has 198 valence electrons. The van der Waals surface area contributed by atoms with E-state index in [4.69, 9.17) is 36.0 Å².